The van der Waals surface area contributed by atoms with Gasteiger partial charge in [-0.2, -0.15) is 0 Å². The average molecular weight is 703 g/mol. The lowest BCUT2D eigenvalue weighted by molar-refractivity contribution is 0.469. The van der Waals surface area contributed by atoms with E-state index >= 15 is 0 Å². The molecule has 0 saturated carbocycles. The van der Waals surface area contributed by atoms with Crippen molar-refractivity contribution in [2.75, 3.05) is 0 Å². The minimum Gasteiger partial charge on any atom is -0.457 e. The van der Waals surface area contributed by atoms with Gasteiger partial charge in [0.2, 0.25) is 19.7 Å². The summed E-state index contributed by atoms with van der Waals surface area (Å²) in [6.45, 7) is 1.90. The molecule has 0 fully saturated rings. The van der Waals surface area contributed by atoms with Crippen molar-refractivity contribution < 1.29 is 26.3 Å². The summed E-state index contributed by atoms with van der Waals surface area (Å²) in [5, 5.41) is 0. The van der Waals surface area contributed by atoms with E-state index < -0.39 is 19.7 Å². The van der Waals surface area contributed by atoms with Crippen LogP contribution in [0.1, 0.15) is 5.56 Å². The molecule has 11 heteroatoms. The fourth-order valence-corrected chi connectivity index (χ4v) is 8.05. The molecule has 0 bridgehead atoms. The van der Waals surface area contributed by atoms with Gasteiger partial charge in [-0.1, -0.05) is 29.8 Å². The maximum Gasteiger partial charge on any atom is 0.333 e. The Hall–Kier alpha value is -5.91. The largest absolute Gasteiger partial charge is 0.457 e. The third kappa shape index (κ3) is 6.20. The normalized spacial score (nSPS) is 11.8. The molecule has 9 nitrogen and oxygen atoms in total. The standard InChI is InChI=1S/C39H30N2O7S2/c1-27-7-19-33(20-8-27)49(43,44)35-23-15-31(16-24-35)47-29-11-13-30(14-12-29)48-32-17-25-36(26-18-32)50(45,46)34-21-9-28(10-22-34)41-38-6-4-3-5-37(38)40(2)39(41)42/h3-26H,1-2H3. The number of ether oxygens (including phenoxy) is 2. The van der Waals surface area contributed by atoms with Crippen molar-refractivity contribution in [3.05, 3.63) is 162 Å². The molecule has 0 unspecified atom stereocenters. The number of nitrogens with zero attached hydrogens (tertiary/aromatic N) is 2. The molecule has 0 saturated heterocycles. The summed E-state index contributed by atoms with van der Waals surface area (Å²) in [6, 6.07) is 39.5. The number of hydrogen-bond acceptors (Lipinski definition) is 7. The molecule has 0 spiro atoms. The Morgan fingerprint density at radius 1 is 0.460 bits per heavy atom. The highest BCUT2D eigenvalue weighted by molar-refractivity contribution is 7.91. The van der Waals surface area contributed by atoms with Gasteiger partial charge in [-0.3, -0.25) is 9.13 Å². The van der Waals surface area contributed by atoms with E-state index in [9.17, 15) is 21.6 Å². The molecular formula is C39H30N2O7S2. The summed E-state index contributed by atoms with van der Waals surface area (Å²) in [5.41, 5.74) is 2.82. The van der Waals surface area contributed by atoms with Crippen LogP contribution in [0.3, 0.4) is 0 Å². The number of benzene rings is 6. The summed E-state index contributed by atoms with van der Waals surface area (Å²) >= 11 is 0. The van der Waals surface area contributed by atoms with Crippen molar-refractivity contribution in [2.45, 2.75) is 26.5 Å². The first-order chi connectivity index (χ1) is 24.0. The van der Waals surface area contributed by atoms with Gasteiger partial charge in [0.15, 0.2) is 0 Å². The van der Waals surface area contributed by atoms with E-state index in [4.69, 9.17) is 9.47 Å². The highest BCUT2D eigenvalue weighted by Gasteiger charge is 2.20. The highest BCUT2D eigenvalue weighted by atomic mass is 32.2. The molecule has 1 aromatic heterocycles. The van der Waals surface area contributed by atoms with Crippen molar-refractivity contribution in [1.82, 2.24) is 9.13 Å². The Balaban J connectivity index is 1.000. The second kappa shape index (κ2) is 12.8. The van der Waals surface area contributed by atoms with Crippen molar-refractivity contribution in [1.29, 1.82) is 0 Å². The maximum absolute atomic E-state index is 13.4. The number of aryl methyl sites for hydroxylation is 2. The van der Waals surface area contributed by atoms with Gasteiger partial charge in [-0.15, -0.1) is 0 Å². The average Bonchev–Trinajstić information content (AvgIpc) is 3.38. The fraction of sp³-hybridized carbons (Fsp3) is 0.0513. The van der Waals surface area contributed by atoms with Crippen LogP contribution >= 0.6 is 0 Å². The fourth-order valence-electron chi connectivity index (χ4n) is 5.53. The molecule has 0 aliphatic rings. The zero-order valence-corrected chi connectivity index (χ0v) is 28.6. The Morgan fingerprint density at radius 3 is 1.22 bits per heavy atom. The van der Waals surface area contributed by atoms with Gasteiger partial charge in [-0.25, -0.2) is 21.6 Å². The number of aromatic nitrogens is 2. The summed E-state index contributed by atoms with van der Waals surface area (Å²) in [4.78, 5) is 13.5. The lowest BCUT2D eigenvalue weighted by Gasteiger charge is -2.10. The number of fused-ring (bicyclic) bond motifs is 1. The van der Waals surface area contributed by atoms with E-state index in [-0.39, 0.29) is 25.3 Å². The molecule has 7 rings (SSSR count). The van der Waals surface area contributed by atoms with Crippen LogP contribution in [0, 0.1) is 6.92 Å². The zero-order valence-electron chi connectivity index (χ0n) is 26.9. The van der Waals surface area contributed by atoms with Crippen molar-refractivity contribution in [3.63, 3.8) is 0 Å². The lowest BCUT2D eigenvalue weighted by atomic mass is 10.2. The second-order valence-electron chi connectivity index (χ2n) is 11.6. The van der Waals surface area contributed by atoms with Gasteiger partial charge in [0.1, 0.15) is 23.0 Å². The molecule has 6 aromatic carbocycles. The quantitative estimate of drug-likeness (QED) is 0.150. The minimum absolute atomic E-state index is 0.0984. The Morgan fingerprint density at radius 2 is 0.800 bits per heavy atom. The lowest BCUT2D eigenvalue weighted by Crippen LogP contribution is -2.20. The van der Waals surface area contributed by atoms with Crippen molar-refractivity contribution in [3.8, 4) is 28.7 Å². The second-order valence-corrected chi connectivity index (χ2v) is 15.5. The smallest absolute Gasteiger partial charge is 0.333 e. The van der Waals surface area contributed by atoms with E-state index in [2.05, 4.69) is 0 Å². The molecule has 0 N–H and O–H groups in total. The minimum atomic E-state index is -3.84. The molecular weight excluding hydrogens is 673 g/mol. The van der Waals surface area contributed by atoms with Gasteiger partial charge in [0, 0.05) is 7.05 Å². The third-order valence-corrected chi connectivity index (χ3v) is 11.8. The van der Waals surface area contributed by atoms with Crippen molar-refractivity contribution in [2.24, 2.45) is 7.05 Å². The van der Waals surface area contributed by atoms with E-state index in [1.807, 2.05) is 31.2 Å². The van der Waals surface area contributed by atoms with Gasteiger partial charge >= 0.3 is 5.69 Å². The Bertz CT molecular complexity index is 2610. The number of imidazole rings is 1. The van der Waals surface area contributed by atoms with Crippen LogP contribution in [0.2, 0.25) is 0 Å². The van der Waals surface area contributed by atoms with E-state index in [1.165, 1.54) is 36.4 Å². The van der Waals surface area contributed by atoms with Crippen LogP contribution in [0.15, 0.2) is 170 Å². The Labute approximate surface area is 289 Å². The zero-order chi connectivity index (χ0) is 35.0. The molecule has 0 amide bonds. The monoisotopic (exact) mass is 702 g/mol. The Kier molecular flexibility index (Phi) is 8.38. The van der Waals surface area contributed by atoms with E-state index in [0.717, 1.165) is 16.6 Å². The first-order valence-electron chi connectivity index (χ1n) is 15.5. The van der Waals surface area contributed by atoms with Gasteiger partial charge < -0.3 is 9.47 Å². The predicted octanol–water partition coefficient (Wildman–Crippen LogP) is 7.89. The van der Waals surface area contributed by atoms with Crippen LogP contribution in [-0.4, -0.2) is 26.0 Å². The maximum atomic E-state index is 13.4. The van der Waals surface area contributed by atoms with E-state index in [1.54, 1.807) is 101 Å². The molecule has 1 heterocycles. The van der Waals surface area contributed by atoms with Crippen LogP contribution < -0.4 is 15.2 Å². The van der Waals surface area contributed by atoms with Gasteiger partial charge in [-0.05, 0) is 128 Å². The third-order valence-electron chi connectivity index (χ3n) is 8.26. The van der Waals surface area contributed by atoms with Gasteiger partial charge in [0.05, 0.1) is 36.3 Å². The van der Waals surface area contributed by atoms with Crippen molar-refractivity contribution >= 4 is 30.7 Å². The molecule has 7 aromatic rings. The van der Waals surface area contributed by atoms with Crippen LogP contribution in [-0.2, 0) is 26.7 Å². The number of hydrogen-bond donors (Lipinski definition) is 0. The van der Waals surface area contributed by atoms with E-state index in [0.29, 0.717) is 28.7 Å². The summed E-state index contributed by atoms with van der Waals surface area (Å²) in [6.07, 6.45) is 0. The molecule has 0 aliphatic heterocycles. The van der Waals surface area contributed by atoms with Crippen LogP contribution in [0.25, 0.3) is 16.7 Å². The molecule has 0 radical (unpaired) electrons. The number of para-hydroxylation sites is 2. The highest BCUT2D eigenvalue weighted by Crippen LogP contribution is 2.30. The molecule has 250 valence electrons. The first kappa shape index (κ1) is 32.6. The molecule has 0 aliphatic carbocycles. The molecule has 0 atom stereocenters. The summed E-state index contributed by atoms with van der Waals surface area (Å²) < 4.78 is 67.6. The summed E-state index contributed by atoms with van der Waals surface area (Å²) in [5.74, 6) is 1.93. The number of rotatable bonds is 9. The van der Waals surface area contributed by atoms with Crippen LogP contribution in [0.5, 0.6) is 23.0 Å². The van der Waals surface area contributed by atoms with Gasteiger partial charge in [0.25, 0.3) is 0 Å². The SMILES string of the molecule is Cc1ccc(S(=O)(=O)c2ccc(Oc3ccc(Oc4ccc(S(=O)(=O)c5ccc(-n6c(=O)n(C)c7ccccc76)cc5)cc4)cc3)cc2)cc1. The molecule has 50 heavy (non-hydrogen) atoms. The predicted molar refractivity (Wildman–Crippen MR) is 190 cm³/mol. The number of sulfone groups is 2. The summed E-state index contributed by atoms with van der Waals surface area (Å²) in [7, 11) is -5.78. The topological polar surface area (TPSA) is 114 Å². The first-order valence-corrected chi connectivity index (χ1v) is 18.5. The van der Waals surface area contributed by atoms with Crippen LogP contribution in [0.4, 0.5) is 0 Å².